The van der Waals surface area contributed by atoms with Crippen LogP contribution in [0.5, 0.6) is 0 Å². The number of nitrogens with zero attached hydrogens (tertiary/aromatic N) is 3. The van der Waals surface area contributed by atoms with Gasteiger partial charge in [-0.3, -0.25) is 4.40 Å². The van der Waals surface area contributed by atoms with Gasteiger partial charge in [0.05, 0.1) is 0 Å². The minimum absolute atomic E-state index is 0.114. The molecule has 2 rings (SSSR count). The molecule has 0 radical (unpaired) electrons. The minimum Gasteiger partial charge on any atom is -0.276 e. The van der Waals surface area contributed by atoms with Crippen molar-refractivity contribution in [2.24, 2.45) is 0 Å². The average molecular weight is 219 g/mol. The Morgan fingerprint density at radius 3 is 2.64 bits per heavy atom. The third-order valence-electron chi connectivity index (χ3n) is 1.71. The molecule has 0 N–H and O–H groups in total. The molecule has 0 unspecified atom stereocenters. The molecule has 0 spiro atoms. The lowest BCUT2D eigenvalue weighted by Crippen LogP contribution is -2.16. The summed E-state index contributed by atoms with van der Waals surface area (Å²) in [6.45, 7) is 0. The van der Waals surface area contributed by atoms with Gasteiger partial charge in [0.15, 0.2) is 0 Å². The first kappa shape index (κ1) is 9.20. The molecule has 74 valence electrons. The van der Waals surface area contributed by atoms with Crippen LogP contribution in [0.25, 0.3) is 5.78 Å². The number of rotatable bonds is 0. The van der Waals surface area contributed by atoms with E-state index >= 15 is 0 Å². The predicted octanol–water partition coefficient (Wildman–Crippen LogP) is 2.34. The second-order valence-electron chi connectivity index (χ2n) is 2.59. The number of hydrogen-bond donors (Lipinski definition) is 0. The SMILES string of the molecule is FC(F)(F)n1ccn2c(=S)ccnc12. The van der Waals surface area contributed by atoms with E-state index in [-0.39, 0.29) is 15.0 Å². The van der Waals surface area contributed by atoms with Gasteiger partial charge in [0, 0.05) is 18.6 Å². The van der Waals surface area contributed by atoms with Gasteiger partial charge in [-0.2, -0.15) is 0 Å². The second kappa shape index (κ2) is 2.81. The predicted molar refractivity (Wildman–Crippen MR) is 45.3 cm³/mol. The summed E-state index contributed by atoms with van der Waals surface area (Å²) in [6, 6.07) is 1.46. The molecule has 0 bridgehead atoms. The van der Waals surface area contributed by atoms with Crippen LogP contribution in [0.1, 0.15) is 0 Å². The number of alkyl halides is 3. The van der Waals surface area contributed by atoms with E-state index in [1.165, 1.54) is 22.9 Å². The fourth-order valence-corrected chi connectivity index (χ4v) is 1.33. The van der Waals surface area contributed by atoms with E-state index in [4.69, 9.17) is 12.2 Å². The largest absolute Gasteiger partial charge is 0.491 e. The number of imidazole rings is 1. The van der Waals surface area contributed by atoms with Crippen molar-refractivity contribution < 1.29 is 13.2 Å². The maximum absolute atomic E-state index is 12.4. The molecule has 0 aliphatic rings. The van der Waals surface area contributed by atoms with Gasteiger partial charge in [-0.25, -0.2) is 9.55 Å². The van der Waals surface area contributed by atoms with Crippen molar-refractivity contribution in [1.82, 2.24) is 14.0 Å². The van der Waals surface area contributed by atoms with Gasteiger partial charge in [0.1, 0.15) is 4.64 Å². The Kier molecular flexibility index (Phi) is 1.84. The first-order valence-corrected chi connectivity index (χ1v) is 4.03. The summed E-state index contributed by atoms with van der Waals surface area (Å²) >= 11 is 4.83. The van der Waals surface area contributed by atoms with Crippen molar-refractivity contribution >= 4 is 18.0 Å². The highest BCUT2D eigenvalue weighted by molar-refractivity contribution is 7.71. The van der Waals surface area contributed by atoms with E-state index in [0.717, 1.165) is 6.20 Å². The van der Waals surface area contributed by atoms with Gasteiger partial charge in [0.2, 0.25) is 5.78 Å². The van der Waals surface area contributed by atoms with Crippen molar-refractivity contribution in [3.63, 3.8) is 0 Å². The van der Waals surface area contributed by atoms with Crippen LogP contribution < -0.4 is 0 Å². The molecule has 0 aliphatic heterocycles. The van der Waals surface area contributed by atoms with Crippen molar-refractivity contribution in [3.8, 4) is 0 Å². The highest BCUT2D eigenvalue weighted by Crippen LogP contribution is 2.24. The highest BCUT2D eigenvalue weighted by Gasteiger charge is 2.32. The van der Waals surface area contributed by atoms with E-state index in [9.17, 15) is 13.2 Å². The first-order chi connectivity index (χ1) is 6.50. The molecular formula is C7H4F3N3S. The Balaban J connectivity index is 2.83. The maximum Gasteiger partial charge on any atom is 0.491 e. The summed E-state index contributed by atoms with van der Waals surface area (Å²) in [5.74, 6) is -0.231. The lowest BCUT2D eigenvalue weighted by Gasteiger charge is -2.07. The Morgan fingerprint density at radius 1 is 1.29 bits per heavy atom. The molecule has 2 heterocycles. The van der Waals surface area contributed by atoms with Gasteiger partial charge in [0.25, 0.3) is 0 Å². The van der Waals surface area contributed by atoms with Crippen molar-refractivity contribution in [2.75, 3.05) is 0 Å². The number of fused-ring (bicyclic) bond motifs is 1. The van der Waals surface area contributed by atoms with Crippen LogP contribution in [0, 0.1) is 4.64 Å². The van der Waals surface area contributed by atoms with Crippen LogP contribution in [0.3, 0.4) is 0 Å². The summed E-state index contributed by atoms with van der Waals surface area (Å²) in [5.41, 5.74) is 0. The summed E-state index contributed by atoms with van der Waals surface area (Å²) in [7, 11) is 0. The average Bonchev–Trinajstić information content (AvgIpc) is 2.47. The third kappa shape index (κ3) is 1.29. The Hall–Kier alpha value is -1.37. The molecule has 0 saturated heterocycles. The zero-order valence-corrected chi connectivity index (χ0v) is 7.51. The zero-order valence-electron chi connectivity index (χ0n) is 6.69. The minimum atomic E-state index is -4.47. The topological polar surface area (TPSA) is 22.2 Å². The summed E-state index contributed by atoms with van der Waals surface area (Å²) in [6.07, 6.45) is -1.10. The molecular weight excluding hydrogens is 215 g/mol. The fourth-order valence-electron chi connectivity index (χ4n) is 1.13. The molecule has 2 aromatic rings. The van der Waals surface area contributed by atoms with Crippen molar-refractivity contribution in [3.05, 3.63) is 29.3 Å². The Morgan fingerprint density at radius 2 is 2.00 bits per heavy atom. The Bertz CT molecular complexity index is 525. The van der Waals surface area contributed by atoms with E-state index in [0.29, 0.717) is 0 Å². The Labute approximate surface area is 81.4 Å². The quantitative estimate of drug-likeness (QED) is 0.634. The lowest BCUT2D eigenvalue weighted by molar-refractivity contribution is -0.201. The summed E-state index contributed by atoms with van der Waals surface area (Å²) in [4.78, 5) is 3.61. The van der Waals surface area contributed by atoms with Gasteiger partial charge in [-0.05, 0) is 6.07 Å². The zero-order chi connectivity index (χ0) is 10.3. The molecule has 14 heavy (non-hydrogen) atoms. The fraction of sp³-hybridized carbons (Fsp3) is 0.143. The van der Waals surface area contributed by atoms with E-state index in [1.807, 2.05) is 0 Å². The third-order valence-corrected chi connectivity index (χ3v) is 2.05. The van der Waals surface area contributed by atoms with Gasteiger partial charge in [-0.15, -0.1) is 13.2 Å². The van der Waals surface area contributed by atoms with Crippen LogP contribution in [0.4, 0.5) is 13.2 Å². The van der Waals surface area contributed by atoms with Crippen molar-refractivity contribution in [1.29, 1.82) is 0 Å². The maximum atomic E-state index is 12.4. The van der Waals surface area contributed by atoms with Gasteiger partial charge in [-0.1, -0.05) is 12.2 Å². The van der Waals surface area contributed by atoms with Crippen LogP contribution in [-0.2, 0) is 6.30 Å². The lowest BCUT2D eigenvalue weighted by atomic mass is 10.7. The molecule has 2 aromatic heterocycles. The number of hydrogen-bond acceptors (Lipinski definition) is 2. The molecule has 0 aromatic carbocycles. The normalized spacial score (nSPS) is 12.2. The van der Waals surface area contributed by atoms with E-state index in [2.05, 4.69) is 4.98 Å². The molecule has 0 atom stereocenters. The van der Waals surface area contributed by atoms with Crippen LogP contribution in [0.15, 0.2) is 24.7 Å². The smallest absolute Gasteiger partial charge is 0.276 e. The van der Waals surface area contributed by atoms with Crippen molar-refractivity contribution in [2.45, 2.75) is 6.30 Å². The monoisotopic (exact) mass is 219 g/mol. The van der Waals surface area contributed by atoms with Crippen LogP contribution in [0.2, 0.25) is 0 Å². The number of halogens is 3. The standard InChI is InChI=1S/C7H4F3N3S/c8-7(9,10)13-4-3-12-5(14)1-2-11-6(12)13/h1-4H. The molecule has 3 nitrogen and oxygen atoms in total. The highest BCUT2D eigenvalue weighted by atomic mass is 32.1. The molecule has 0 saturated carbocycles. The van der Waals surface area contributed by atoms with E-state index in [1.54, 1.807) is 0 Å². The summed E-state index contributed by atoms with van der Waals surface area (Å²) < 4.78 is 38.7. The second-order valence-corrected chi connectivity index (χ2v) is 3.01. The molecule has 0 amide bonds. The van der Waals surface area contributed by atoms with Crippen LogP contribution >= 0.6 is 12.2 Å². The summed E-state index contributed by atoms with van der Waals surface area (Å²) in [5, 5.41) is 0. The number of aromatic nitrogens is 3. The van der Waals surface area contributed by atoms with E-state index < -0.39 is 6.30 Å². The first-order valence-electron chi connectivity index (χ1n) is 3.62. The van der Waals surface area contributed by atoms with Crippen LogP contribution in [-0.4, -0.2) is 14.0 Å². The van der Waals surface area contributed by atoms with Gasteiger partial charge < -0.3 is 0 Å². The van der Waals surface area contributed by atoms with Gasteiger partial charge >= 0.3 is 6.30 Å². The molecule has 7 heteroatoms. The molecule has 0 fully saturated rings. The molecule has 0 aliphatic carbocycles.